The SMILES string of the molecule is C[C@H](OC(=O)c1ccc([N+](=O)[O-])cc1Cl)C(=O)N[C@H](C)c1ccc(F)cc1. The second-order valence-electron chi connectivity index (χ2n) is 5.75. The summed E-state index contributed by atoms with van der Waals surface area (Å²) in [5, 5.41) is 13.2. The van der Waals surface area contributed by atoms with E-state index in [1.807, 2.05) is 0 Å². The van der Waals surface area contributed by atoms with Crippen LogP contribution in [0.5, 0.6) is 0 Å². The molecule has 0 fully saturated rings. The maximum atomic E-state index is 13.0. The number of nitrogens with zero attached hydrogens (tertiary/aromatic N) is 1. The lowest BCUT2D eigenvalue weighted by atomic mass is 10.1. The van der Waals surface area contributed by atoms with Gasteiger partial charge in [-0.1, -0.05) is 23.7 Å². The number of carbonyl (C=O) groups excluding carboxylic acids is 2. The molecular formula is C18H16ClFN2O5. The Morgan fingerprint density at radius 2 is 1.81 bits per heavy atom. The summed E-state index contributed by atoms with van der Waals surface area (Å²) in [6, 6.07) is 8.50. The molecule has 2 aromatic rings. The molecule has 0 saturated carbocycles. The standard InChI is InChI=1S/C18H16ClFN2O5/c1-10(12-3-5-13(20)6-4-12)21-17(23)11(2)27-18(24)15-8-7-14(22(25)26)9-16(15)19/h3-11H,1-2H3,(H,21,23)/t10-,11+/m1/s1. The van der Waals surface area contributed by atoms with E-state index in [1.54, 1.807) is 6.92 Å². The van der Waals surface area contributed by atoms with E-state index < -0.39 is 28.9 Å². The number of amides is 1. The van der Waals surface area contributed by atoms with Crippen molar-refractivity contribution < 1.29 is 23.6 Å². The van der Waals surface area contributed by atoms with Crippen molar-refractivity contribution in [3.8, 4) is 0 Å². The number of nitro groups is 1. The minimum atomic E-state index is -1.13. The topological polar surface area (TPSA) is 98.5 Å². The van der Waals surface area contributed by atoms with Crippen LogP contribution in [0, 0.1) is 15.9 Å². The molecule has 142 valence electrons. The second-order valence-corrected chi connectivity index (χ2v) is 6.16. The Morgan fingerprint density at radius 3 is 2.37 bits per heavy atom. The first-order chi connectivity index (χ1) is 12.7. The highest BCUT2D eigenvalue weighted by Gasteiger charge is 2.23. The minimum Gasteiger partial charge on any atom is -0.449 e. The summed E-state index contributed by atoms with van der Waals surface area (Å²) in [4.78, 5) is 34.4. The Kier molecular flexibility index (Phi) is 6.46. The molecule has 1 amide bonds. The molecule has 2 rings (SSSR count). The zero-order valence-electron chi connectivity index (χ0n) is 14.4. The highest BCUT2D eigenvalue weighted by Crippen LogP contribution is 2.23. The van der Waals surface area contributed by atoms with Crippen molar-refractivity contribution in [2.75, 3.05) is 0 Å². The predicted molar refractivity (Wildman–Crippen MR) is 95.9 cm³/mol. The molecule has 0 aliphatic heterocycles. The largest absolute Gasteiger partial charge is 0.449 e. The molecule has 27 heavy (non-hydrogen) atoms. The van der Waals surface area contributed by atoms with Crippen LogP contribution in [0.15, 0.2) is 42.5 Å². The molecule has 1 N–H and O–H groups in total. The minimum absolute atomic E-state index is 0.0894. The van der Waals surface area contributed by atoms with Gasteiger partial charge in [0.1, 0.15) is 5.82 Å². The molecule has 0 saturated heterocycles. The number of halogens is 2. The summed E-state index contributed by atoms with van der Waals surface area (Å²) < 4.78 is 18.0. The lowest BCUT2D eigenvalue weighted by Crippen LogP contribution is -2.37. The monoisotopic (exact) mass is 394 g/mol. The quantitative estimate of drug-likeness (QED) is 0.456. The summed E-state index contributed by atoms with van der Waals surface area (Å²) in [5.41, 5.74) is 0.325. The molecule has 7 nitrogen and oxygen atoms in total. The maximum Gasteiger partial charge on any atom is 0.340 e. The van der Waals surface area contributed by atoms with Gasteiger partial charge in [0.2, 0.25) is 0 Å². The van der Waals surface area contributed by atoms with Gasteiger partial charge in [-0.05, 0) is 37.6 Å². The van der Waals surface area contributed by atoms with Gasteiger partial charge < -0.3 is 10.1 Å². The van der Waals surface area contributed by atoms with E-state index in [-0.39, 0.29) is 22.1 Å². The fourth-order valence-electron chi connectivity index (χ4n) is 2.23. The second kappa shape index (κ2) is 8.59. The summed E-state index contributed by atoms with van der Waals surface area (Å²) >= 11 is 5.87. The van der Waals surface area contributed by atoms with Gasteiger partial charge in [-0.2, -0.15) is 0 Å². The van der Waals surface area contributed by atoms with E-state index in [9.17, 15) is 24.1 Å². The molecule has 0 aliphatic rings. The van der Waals surface area contributed by atoms with E-state index in [2.05, 4.69) is 5.32 Å². The third-order valence-corrected chi connectivity index (χ3v) is 4.08. The van der Waals surface area contributed by atoms with Crippen LogP contribution in [0.3, 0.4) is 0 Å². The number of benzene rings is 2. The highest BCUT2D eigenvalue weighted by atomic mass is 35.5. The zero-order chi connectivity index (χ0) is 20.1. The Balaban J connectivity index is 2.00. The number of esters is 1. The van der Waals surface area contributed by atoms with Gasteiger partial charge in [0.15, 0.2) is 6.10 Å². The first kappa shape index (κ1) is 20.3. The first-order valence-electron chi connectivity index (χ1n) is 7.89. The number of nitro benzene ring substituents is 1. The smallest absolute Gasteiger partial charge is 0.340 e. The van der Waals surface area contributed by atoms with Crippen molar-refractivity contribution in [2.45, 2.75) is 26.0 Å². The average molecular weight is 395 g/mol. The molecular weight excluding hydrogens is 379 g/mol. The van der Waals surface area contributed by atoms with E-state index in [4.69, 9.17) is 16.3 Å². The Hall–Kier alpha value is -3.00. The van der Waals surface area contributed by atoms with Crippen molar-refractivity contribution in [3.63, 3.8) is 0 Å². The number of nitrogens with one attached hydrogen (secondary N) is 1. The summed E-state index contributed by atoms with van der Waals surface area (Å²) in [6.07, 6.45) is -1.13. The van der Waals surface area contributed by atoms with Crippen LogP contribution < -0.4 is 5.32 Å². The molecule has 0 unspecified atom stereocenters. The molecule has 0 heterocycles. The van der Waals surface area contributed by atoms with Crippen LogP contribution in [-0.4, -0.2) is 22.9 Å². The van der Waals surface area contributed by atoms with Crippen LogP contribution in [0.1, 0.15) is 35.8 Å². The van der Waals surface area contributed by atoms with Crippen LogP contribution in [-0.2, 0) is 9.53 Å². The van der Waals surface area contributed by atoms with Crippen molar-refractivity contribution in [1.82, 2.24) is 5.32 Å². The molecule has 2 aromatic carbocycles. The van der Waals surface area contributed by atoms with Gasteiger partial charge in [0, 0.05) is 12.1 Å². The molecule has 9 heteroatoms. The lowest BCUT2D eigenvalue weighted by Gasteiger charge is -2.18. The van der Waals surface area contributed by atoms with Gasteiger partial charge in [-0.15, -0.1) is 0 Å². The zero-order valence-corrected chi connectivity index (χ0v) is 15.2. The van der Waals surface area contributed by atoms with E-state index >= 15 is 0 Å². The van der Waals surface area contributed by atoms with Crippen molar-refractivity contribution in [2.24, 2.45) is 0 Å². The molecule has 0 aromatic heterocycles. The normalized spacial score (nSPS) is 12.7. The van der Waals surface area contributed by atoms with Crippen molar-refractivity contribution in [1.29, 1.82) is 0 Å². The van der Waals surface area contributed by atoms with E-state index in [0.717, 1.165) is 18.2 Å². The van der Waals surface area contributed by atoms with Gasteiger partial charge >= 0.3 is 5.97 Å². The van der Waals surface area contributed by atoms with E-state index in [0.29, 0.717) is 5.56 Å². The lowest BCUT2D eigenvalue weighted by molar-refractivity contribution is -0.384. The fraction of sp³-hybridized carbons (Fsp3) is 0.222. The maximum absolute atomic E-state index is 13.0. The van der Waals surface area contributed by atoms with Gasteiger partial charge in [-0.25, -0.2) is 9.18 Å². The van der Waals surface area contributed by atoms with Gasteiger partial charge in [0.25, 0.3) is 11.6 Å². The number of ether oxygens (including phenoxy) is 1. The van der Waals surface area contributed by atoms with Crippen LogP contribution in [0.25, 0.3) is 0 Å². The first-order valence-corrected chi connectivity index (χ1v) is 8.27. The highest BCUT2D eigenvalue weighted by molar-refractivity contribution is 6.33. The van der Waals surface area contributed by atoms with Crippen molar-refractivity contribution >= 4 is 29.2 Å². The summed E-state index contributed by atoms with van der Waals surface area (Å²) in [7, 11) is 0. The molecule has 0 bridgehead atoms. The van der Waals surface area contributed by atoms with Gasteiger partial charge in [-0.3, -0.25) is 14.9 Å². The molecule has 0 radical (unpaired) electrons. The van der Waals surface area contributed by atoms with Crippen LogP contribution in [0.2, 0.25) is 5.02 Å². The number of rotatable bonds is 6. The summed E-state index contributed by atoms with van der Waals surface area (Å²) in [5.74, 6) is -1.83. The van der Waals surface area contributed by atoms with Crippen LogP contribution in [0.4, 0.5) is 10.1 Å². The van der Waals surface area contributed by atoms with Crippen molar-refractivity contribution in [3.05, 3.63) is 74.5 Å². The number of hydrogen-bond acceptors (Lipinski definition) is 5. The third-order valence-electron chi connectivity index (χ3n) is 3.77. The fourth-order valence-corrected chi connectivity index (χ4v) is 2.48. The molecule has 0 spiro atoms. The predicted octanol–water partition coefficient (Wildman–Crippen LogP) is 3.81. The number of hydrogen-bond donors (Lipinski definition) is 1. The van der Waals surface area contributed by atoms with Gasteiger partial charge in [0.05, 0.1) is 21.6 Å². The molecule has 0 aliphatic carbocycles. The van der Waals surface area contributed by atoms with E-state index in [1.165, 1.54) is 31.2 Å². The number of carbonyl (C=O) groups is 2. The van der Waals surface area contributed by atoms with Crippen LogP contribution >= 0.6 is 11.6 Å². The third kappa shape index (κ3) is 5.24. The number of non-ortho nitro benzene ring substituents is 1. The average Bonchev–Trinajstić information content (AvgIpc) is 2.61. The Morgan fingerprint density at radius 1 is 1.19 bits per heavy atom. The molecule has 2 atom stereocenters. The Labute approximate surface area is 159 Å². The summed E-state index contributed by atoms with van der Waals surface area (Å²) in [6.45, 7) is 3.08. The Bertz CT molecular complexity index is 873.